The molecule has 0 aromatic heterocycles. The van der Waals surface area contributed by atoms with E-state index in [9.17, 15) is 4.79 Å². The van der Waals surface area contributed by atoms with Crippen LogP contribution in [0.4, 0.5) is 5.69 Å². The molecular formula is C11H14ClNO2S. The van der Waals surface area contributed by atoms with E-state index < -0.39 is 11.2 Å². The molecule has 0 heterocycles. The number of hydrogen-bond acceptors (Lipinski definition) is 3. The van der Waals surface area contributed by atoms with Gasteiger partial charge in [-0.3, -0.25) is 4.79 Å². The van der Waals surface area contributed by atoms with Crippen molar-refractivity contribution in [1.82, 2.24) is 0 Å². The second-order valence-corrected chi connectivity index (χ2v) is 5.10. The molecular weight excluding hydrogens is 246 g/mol. The fourth-order valence-electron chi connectivity index (χ4n) is 1.24. The maximum absolute atomic E-state index is 11.0. The zero-order valence-electron chi connectivity index (χ0n) is 8.94. The first-order valence-corrected chi connectivity index (χ1v) is 6.24. The molecule has 1 aromatic carbocycles. The SMILES string of the molecule is CCCC(Sc1ccc(N)c(Cl)c1)C(=O)O. The molecule has 0 bridgehead atoms. The highest BCUT2D eigenvalue weighted by Crippen LogP contribution is 2.30. The Kier molecular flexibility index (Phi) is 4.96. The van der Waals surface area contributed by atoms with Gasteiger partial charge in [0.2, 0.25) is 0 Å². The molecule has 1 unspecified atom stereocenters. The smallest absolute Gasteiger partial charge is 0.316 e. The average Bonchev–Trinajstić information content (AvgIpc) is 2.22. The molecule has 1 rings (SSSR count). The molecule has 88 valence electrons. The maximum Gasteiger partial charge on any atom is 0.316 e. The van der Waals surface area contributed by atoms with Gasteiger partial charge in [-0.15, -0.1) is 11.8 Å². The first kappa shape index (κ1) is 13.2. The van der Waals surface area contributed by atoms with Gasteiger partial charge in [-0.05, 0) is 24.6 Å². The summed E-state index contributed by atoms with van der Waals surface area (Å²) in [6, 6.07) is 5.18. The van der Waals surface area contributed by atoms with Gasteiger partial charge < -0.3 is 10.8 Å². The van der Waals surface area contributed by atoms with Crippen molar-refractivity contribution in [3.8, 4) is 0 Å². The number of nitrogen functional groups attached to an aromatic ring is 1. The van der Waals surface area contributed by atoms with Gasteiger partial charge in [-0.1, -0.05) is 24.9 Å². The van der Waals surface area contributed by atoms with Crippen LogP contribution in [0.25, 0.3) is 0 Å². The molecule has 0 spiro atoms. The molecule has 0 saturated heterocycles. The number of halogens is 1. The van der Waals surface area contributed by atoms with Gasteiger partial charge in [-0.25, -0.2) is 0 Å². The van der Waals surface area contributed by atoms with E-state index in [2.05, 4.69) is 0 Å². The van der Waals surface area contributed by atoms with E-state index in [0.29, 0.717) is 17.1 Å². The molecule has 3 N–H and O–H groups in total. The summed E-state index contributed by atoms with van der Waals surface area (Å²) >= 11 is 7.17. The number of aliphatic carboxylic acids is 1. The minimum Gasteiger partial charge on any atom is -0.480 e. The topological polar surface area (TPSA) is 63.3 Å². The zero-order valence-corrected chi connectivity index (χ0v) is 10.5. The van der Waals surface area contributed by atoms with Crippen LogP contribution in [-0.4, -0.2) is 16.3 Å². The largest absolute Gasteiger partial charge is 0.480 e. The summed E-state index contributed by atoms with van der Waals surface area (Å²) in [5.41, 5.74) is 6.09. The van der Waals surface area contributed by atoms with E-state index >= 15 is 0 Å². The summed E-state index contributed by atoms with van der Waals surface area (Å²) in [6.45, 7) is 1.96. The lowest BCUT2D eigenvalue weighted by molar-refractivity contribution is -0.136. The summed E-state index contributed by atoms with van der Waals surface area (Å²) in [6.07, 6.45) is 1.48. The molecule has 0 fully saturated rings. The van der Waals surface area contributed by atoms with E-state index in [1.165, 1.54) is 11.8 Å². The van der Waals surface area contributed by atoms with E-state index in [4.69, 9.17) is 22.4 Å². The molecule has 0 saturated carbocycles. The zero-order chi connectivity index (χ0) is 12.1. The molecule has 0 amide bonds. The number of carbonyl (C=O) groups is 1. The third kappa shape index (κ3) is 3.61. The Bertz CT molecular complexity index is 384. The Morgan fingerprint density at radius 1 is 1.62 bits per heavy atom. The Hall–Kier alpha value is -0.870. The molecule has 1 atom stereocenters. The van der Waals surface area contributed by atoms with Crippen molar-refractivity contribution in [2.24, 2.45) is 0 Å². The van der Waals surface area contributed by atoms with Crippen LogP contribution in [0.5, 0.6) is 0 Å². The van der Waals surface area contributed by atoms with Gasteiger partial charge in [0.25, 0.3) is 0 Å². The Morgan fingerprint density at radius 3 is 2.81 bits per heavy atom. The van der Waals surface area contributed by atoms with Crippen molar-refractivity contribution >= 4 is 35.0 Å². The van der Waals surface area contributed by atoms with Crippen molar-refractivity contribution in [3.63, 3.8) is 0 Å². The van der Waals surface area contributed by atoms with Crippen LogP contribution >= 0.6 is 23.4 Å². The maximum atomic E-state index is 11.0. The van der Waals surface area contributed by atoms with Crippen LogP contribution in [0.15, 0.2) is 23.1 Å². The fraction of sp³-hybridized carbons (Fsp3) is 0.364. The van der Waals surface area contributed by atoms with Crippen LogP contribution in [0.2, 0.25) is 5.02 Å². The molecule has 16 heavy (non-hydrogen) atoms. The highest BCUT2D eigenvalue weighted by Gasteiger charge is 2.17. The highest BCUT2D eigenvalue weighted by atomic mass is 35.5. The predicted molar refractivity (Wildman–Crippen MR) is 68.1 cm³/mol. The molecule has 5 heteroatoms. The fourth-order valence-corrected chi connectivity index (χ4v) is 2.60. The summed E-state index contributed by atoms with van der Waals surface area (Å²) < 4.78 is 0. The monoisotopic (exact) mass is 259 g/mol. The van der Waals surface area contributed by atoms with Gasteiger partial charge in [0.15, 0.2) is 0 Å². The predicted octanol–water partition coefficient (Wildman–Crippen LogP) is 3.27. The third-order valence-corrected chi connectivity index (χ3v) is 3.65. The van der Waals surface area contributed by atoms with Crippen LogP contribution < -0.4 is 5.73 Å². The van der Waals surface area contributed by atoms with Gasteiger partial charge in [0.05, 0.1) is 10.7 Å². The summed E-state index contributed by atoms with van der Waals surface area (Å²) in [4.78, 5) is 11.8. The summed E-state index contributed by atoms with van der Waals surface area (Å²) in [7, 11) is 0. The summed E-state index contributed by atoms with van der Waals surface area (Å²) in [5.74, 6) is -0.792. The minimum atomic E-state index is -0.792. The molecule has 0 aliphatic rings. The third-order valence-electron chi connectivity index (χ3n) is 2.08. The van der Waals surface area contributed by atoms with E-state index in [0.717, 1.165) is 11.3 Å². The van der Waals surface area contributed by atoms with Crippen LogP contribution in [0.1, 0.15) is 19.8 Å². The standard InChI is InChI=1S/C11H14ClNO2S/c1-2-3-10(11(14)15)16-7-4-5-9(13)8(12)6-7/h4-6,10H,2-3,13H2,1H3,(H,14,15). The van der Waals surface area contributed by atoms with Crippen molar-refractivity contribution in [3.05, 3.63) is 23.2 Å². The van der Waals surface area contributed by atoms with E-state index in [-0.39, 0.29) is 0 Å². The number of carboxylic acid groups (broad SMARTS) is 1. The number of nitrogens with two attached hydrogens (primary N) is 1. The number of thioether (sulfide) groups is 1. The van der Waals surface area contributed by atoms with Gasteiger partial charge in [0.1, 0.15) is 5.25 Å². The minimum absolute atomic E-state index is 0.426. The normalized spacial score (nSPS) is 12.4. The van der Waals surface area contributed by atoms with Gasteiger partial charge >= 0.3 is 5.97 Å². The number of hydrogen-bond donors (Lipinski definition) is 2. The lowest BCUT2D eigenvalue weighted by Crippen LogP contribution is -2.15. The Balaban J connectivity index is 2.77. The Labute approximate surface area is 104 Å². The van der Waals surface area contributed by atoms with Crippen molar-refractivity contribution in [1.29, 1.82) is 0 Å². The first-order chi connectivity index (χ1) is 7.54. The van der Waals surface area contributed by atoms with Gasteiger partial charge in [-0.2, -0.15) is 0 Å². The summed E-state index contributed by atoms with van der Waals surface area (Å²) in [5, 5.41) is 9.05. The molecule has 0 radical (unpaired) electrons. The lowest BCUT2D eigenvalue weighted by Gasteiger charge is -2.11. The first-order valence-electron chi connectivity index (χ1n) is 4.99. The second kappa shape index (κ2) is 6.01. The van der Waals surface area contributed by atoms with Crippen molar-refractivity contribution < 1.29 is 9.90 Å². The Morgan fingerprint density at radius 2 is 2.31 bits per heavy atom. The van der Waals surface area contributed by atoms with Gasteiger partial charge in [0, 0.05) is 4.90 Å². The number of carboxylic acids is 1. The number of rotatable bonds is 5. The molecule has 0 aliphatic heterocycles. The molecule has 3 nitrogen and oxygen atoms in total. The quantitative estimate of drug-likeness (QED) is 0.629. The molecule has 1 aromatic rings. The van der Waals surface area contributed by atoms with Crippen LogP contribution in [0, 0.1) is 0 Å². The highest BCUT2D eigenvalue weighted by molar-refractivity contribution is 8.00. The number of benzene rings is 1. The second-order valence-electron chi connectivity index (χ2n) is 3.42. The van der Waals surface area contributed by atoms with Crippen LogP contribution in [0.3, 0.4) is 0 Å². The van der Waals surface area contributed by atoms with Crippen LogP contribution in [-0.2, 0) is 4.79 Å². The lowest BCUT2D eigenvalue weighted by atomic mass is 10.2. The van der Waals surface area contributed by atoms with E-state index in [1.54, 1.807) is 18.2 Å². The average molecular weight is 260 g/mol. The van der Waals surface area contributed by atoms with E-state index in [1.807, 2.05) is 6.92 Å². The van der Waals surface area contributed by atoms with Crippen molar-refractivity contribution in [2.45, 2.75) is 29.9 Å². The van der Waals surface area contributed by atoms with Crippen molar-refractivity contribution in [2.75, 3.05) is 5.73 Å². The number of anilines is 1. The molecule has 0 aliphatic carbocycles.